The van der Waals surface area contributed by atoms with Crippen molar-refractivity contribution in [2.24, 2.45) is 5.92 Å². The van der Waals surface area contributed by atoms with Gasteiger partial charge in [0, 0.05) is 17.8 Å². The van der Waals surface area contributed by atoms with Crippen molar-refractivity contribution < 1.29 is 0 Å². The van der Waals surface area contributed by atoms with E-state index in [1.165, 1.54) is 19.3 Å². The van der Waals surface area contributed by atoms with Crippen LogP contribution in [0.15, 0.2) is 12.3 Å². The molecule has 1 fully saturated rings. The maximum absolute atomic E-state index is 9.12. The lowest BCUT2D eigenvalue weighted by atomic mass is 9.83. The molecule has 0 bridgehead atoms. The molecule has 1 unspecified atom stereocenters. The Morgan fingerprint density at radius 2 is 2.19 bits per heavy atom. The van der Waals surface area contributed by atoms with Crippen molar-refractivity contribution in [2.75, 3.05) is 0 Å². The van der Waals surface area contributed by atoms with Gasteiger partial charge in [0.1, 0.15) is 11.7 Å². The molecule has 0 radical (unpaired) electrons. The highest BCUT2D eigenvalue weighted by Crippen LogP contribution is 2.35. The minimum Gasteiger partial charge on any atom is -0.240 e. The van der Waals surface area contributed by atoms with Crippen LogP contribution in [0, 0.1) is 17.2 Å². The van der Waals surface area contributed by atoms with E-state index in [4.69, 9.17) is 5.26 Å². The van der Waals surface area contributed by atoms with E-state index in [-0.39, 0.29) is 11.8 Å². The molecule has 0 saturated heterocycles. The van der Waals surface area contributed by atoms with Crippen molar-refractivity contribution in [3.05, 3.63) is 23.8 Å². The number of hydrogen-bond acceptors (Lipinski definition) is 3. The number of nitrogens with zero attached hydrogens (tertiary/aromatic N) is 3. The Bertz CT molecular complexity index is 402. The van der Waals surface area contributed by atoms with Crippen LogP contribution in [0.1, 0.15) is 56.5 Å². The van der Waals surface area contributed by atoms with Gasteiger partial charge in [-0.1, -0.05) is 20.3 Å². The molecule has 3 nitrogen and oxygen atoms in total. The van der Waals surface area contributed by atoms with Crippen LogP contribution in [0.3, 0.4) is 0 Å². The second-order valence-corrected chi connectivity index (χ2v) is 4.82. The summed E-state index contributed by atoms with van der Waals surface area (Å²) in [6.07, 6.45) is 5.56. The highest BCUT2D eigenvalue weighted by molar-refractivity contribution is 5.16. The van der Waals surface area contributed by atoms with Crippen LogP contribution < -0.4 is 0 Å². The third-order valence-corrected chi connectivity index (χ3v) is 3.30. The van der Waals surface area contributed by atoms with Gasteiger partial charge in [-0.05, 0) is 24.8 Å². The van der Waals surface area contributed by atoms with E-state index >= 15 is 0 Å². The maximum Gasteiger partial charge on any atom is 0.145 e. The molecular formula is C13H17N3. The number of nitriles is 1. The van der Waals surface area contributed by atoms with Crippen molar-refractivity contribution >= 4 is 0 Å². The molecule has 16 heavy (non-hydrogen) atoms. The van der Waals surface area contributed by atoms with Gasteiger partial charge in [-0.3, -0.25) is 0 Å². The van der Waals surface area contributed by atoms with E-state index in [0.29, 0.717) is 11.7 Å². The molecule has 1 atom stereocenters. The van der Waals surface area contributed by atoms with Gasteiger partial charge < -0.3 is 0 Å². The molecule has 2 rings (SSSR count). The summed E-state index contributed by atoms with van der Waals surface area (Å²) in [5.41, 5.74) is 1.12. The van der Waals surface area contributed by atoms with Crippen LogP contribution in [0.4, 0.5) is 0 Å². The number of hydrogen-bond donors (Lipinski definition) is 0. The molecule has 1 aliphatic rings. The zero-order valence-corrected chi connectivity index (χ0v) is 9.85. The van der Waals surface area contributed by atoms with E-state index in [1.54, 1.807) is 6.20 Å². The Morgan fingerprint density at radius 1 is 1.44 bits per heavy atom. The Kier molecular flexibility index (Phi) is 3.19. The predicted molar refractivity (Wildman–Crippen MR) is 61.8 cm³/mol. The molecule has 0 amide bonds. The Labute approximate surface area is 96.5 Å². The van der Waals surface area contributed by atoms with Crippen molar-refractivity contribution in [1.29, 1.82) is 5.26 Å². The standard InChI is InChI=1S/C13H17N3/c1-9(2)11(8-14)13-15-7-6-12(16-13)10-4-3-5-10/h6-7,9-11H,3-5H2,1-2H3. The maximum atomic E-state index is 9.12. The Hall–Kier alpha value is -1.43. The number of rotatable bonds is 3. The van der Waals surface area contributed by atoms with E-state index < -0.39 is 0 Å². The van der Waals surface area contributed by atoms with E-state index in [2.05, 4.69) is 16.0 Å². The van der Waals surface area contributed by atoms with Gasteiger partial charge in [-0.15, -0.1) is 0 Å². The second kappa shape index (κ2) is 4.61. The highest BCUT2D eigenvalue weighted by atomic mass is 14.9. The average molecular weight is 215 g/mol. The number of aromatic nitrogens is 2. The quantitative estimate of drug-likeness (QED) is 0.778. The van der Waals surface area contributed by atoms with Crippen LogP contribution in [0.5, 0.6) is 0 Å². The lowest BCUT2D eigenvalue weighted by Crippen LogP contribution is -2.15. The lowest BCUT2D eigenvalue weighted by Gasteiger charge is -2.25. The predicted octanol–water partition coefficient (Wildman–Crippen LogP) is 3.01. The fourth-order valence-corrected chi connectivity index (χ4v) is 1.97. The van der Waals surface area contributed by atoms with Crippen LogP contribution in [0.25, 0.3) is 0 Å². The molecule has 1 saturated carbocycles. The summed E-state index contributed by atoms with van der Waals surface area (Å²) in [7, 11) is 0. The summed E-state index contributed by atoms with van der Waals surface area (Å²) < 4.78 is 0. The van der Waals surface area contributed by atoms with Crippen molar-refractivity contribution in [2.45, 2.75) is 44.9 Å². The van der Waals surface area contributed by atoms with E-state index in [0.717, 1.165) is 5.69 Å². The molecule has 0 N–H and O–H groups in total. The van der Waals surface area contributed by atoms with Gasteiger partial charge in [-0.25, -0.2) is 9.97 Å². The monoisotopic (exact) mass is 215 g/mol. The Balaban J connectivity index is 2.24. The van der Waals surface area contributed by atoms with Crippen molar-refractivity contribution in [1.82, 2.24) is 9.97 Å². The SMILES string of the molecule is CC(C)C(C#N)c1nccc(C2CCC2)n1. The van der Waals surface area contributed by atoms with Crippen molar-refractivity contribution in [3.63, 3.8) is 0 Å². The molecule has 0 spiro atoms. The molecule has 84 valence electrons. The fraction of sp³-hybridized carbons (Fsp3) is 0.615. The van der Waals surface area contributed by atoms with Gasteiger partial charge >= 0.3 is 0 Å². The fourth-order valence-electron chi connectivity index (χ4n) is 1.97. The largest absolute Gasteiger partial charge is 0.240 e. The summed E-state index contributed by atoms with van der Waals surface area (Å²) in [5, 5.41) is 9.12. The minimum atomic E-state index is -0.181. The van der Waals surface area contributed by atoms with E-state index in [1.807, 2.05) is 19.9 Å². The second-order valence-electron chi connectivity index (χ2n) is 4.82. The summed E-state index contributed by atoms with van der Waals surface area (Å²) in [5.74, 6) is 1.39. The van der Waals surface area contributed by atoms with Gasteiger partial charge in [0.05, 0.1) is 6.07 Å². The molecule has 1 aliphatic carbocycles. The van der Waals surface area contributed by atoms with Crippen molar-refractivity contribution in [3.8, 4) is 6.07 Å². The van der Waals surface area contributed by atoms with Crippen LogP contribution in [0.2, 0.25) is 0 Å². The average Bonchev–Trinajstić information content (AvgIpc) is 2.16. The summed E-state index contributed by atoms with van der Waals surface area (Å²) in [6.45, 7) is 4.07. The topological polar surface area (TPSA) is 49.6 Å². The summed E-state index contributed by atoms with van der Waals surface area (Å²) in [4.78, 5) is 8.79. The molecule has 3 heteroatoms. The molecule has 0 aliphatic heterocycles. The lowest BCUT2D eigenvalue weighted by molar-refractivity contribution is 0.407. The zero-order valence-electron chi connectivity index (χ0n) is 9.85. The van der Waals surface area contributed by atoms with E-state index in [9.17, 15) is 0 Å². The third-order valence-electron chi connectivity index (χ3n) is 3.30. The first-order valence-electron chi connectivity index (χ1n) is 5.95. The summed E-state index contributed by atoms with van der Waals surface area (Å²) in [6, 6.07) is 4.28. The van der Waals surface area contributed by atoms with Crippen LogP contribution in [-0.2, 0) is 0 Å². The van der Waals surface area contributed by atoms with Gasteiger partial charge in [0.25, 0.3) is 0 Å². The summed E-state index contributed by atoms with van der Waals surface area (Å²) >= 11 is 0. The van der Waals surface area contributed by atoms with Crippen LogP contribution in [-0.4, -0.2) is 9.97 Å². The normalized spacial score (nSPS) is 17.9. The smallest absolute Gasteiger partial charge is 0.145 e. The molecular weight excluding hydrogens is 198 g/mol. The first-order chi connectivity index (χ1) is 7.72. The molecule has 1 heterocycles. The first-order valence-corrected chi connectivity index (χ1v) is 5.95. The minimum absolute atomic E-state index is 0.181. The van der Waals surface area contributed by atoms with Gasteiger partial charge in [0.2, 0.25) is 0 Å². The Morgan fingerprint density at radius 3 is 2.69 bits per heavy atom. The molecule has 1 aromatic rings. The molecule has 0 aromatic carbocycles. The zero-order chi connectivity index (χ0) is 11.5. The van der Waals surface area contributed by atoms with Gasteiger partial charge in [-0.2, -0.15) is 5.26 Å². The van der Waals surface area contributed by atoms with Crippen LogP contribution >= 0.6 is 0 Å². The third kappa shape index (κ3) is 2.06. The molecule has 1 aromatic heterocycles. The highest BCUT2D eigenvalue weighted by Gasteiger charge is 2.23. The van der Waals surface area contributed by atoms with Gasteiger partial charge in [0.15, 0.2) is 0 Å². The first kappa shape index (κ1) is 11.1.